The average Bonchev–Trinajstić information content (AvgIpc) is 3.22. The molecule has 0 aliphatic carbocycles. The van der Waals surface area contributed by atoms with Crippen LogP contribution in [0.4, 0.5) is 0 Å². The molecule has 1 amide bonds. The van der Waals surface area contributed by atoms with Crippen molar-refractivity contribution in [1.82, 2.24) is 20.0 Å². The van der Waals surface area contributed by atoms with Crippen molar-refractivity contribution >= 4 is 16.8 Å². The van der Waals surface area contributed by atoms with E-state index >= 15 is 0 Å². The number of aromatic nitrogens is 2. The predicted octanol–water partition coefficient (Wildman–Crippen LogP) is 4.24. The summed E-state index contributed by atoms with van der Waals surface area (Å²) in [5, 5.41) is 9.69. The van der Waals surface area contributed by atoms with Crippen LogP contribution >= 0.6 is 0 Å². The average molecular weight is 412 g/mol. The lowest BCUT2D eigenvalue weighted by Gasteiger charge is -2.23. The maximum Gasteiger partial charge on any atom is 0.256 e. The summed E-state index contributed by atoms with van der Waals surface area (Å²) in [5.74, 6) is 0.972. The van der Waals surface area contributed by atoms with Gasteiger partial charge in [-0.1, -0.05) is 48.5 Å². The van der Waals surface area contributed by atoms with E-state index in [0.29, 0.717) is 17.8 Å². The number of benzene rings is 2. The molecule has 6 heteroatoms. The molecule has 6 nitrogen and oxygen atoms in total. The maximum absolute atomic E-state index is 13.8. The quantitative estimate of drug-likeness (QED) is 0.502. The van der Waals surface area contributed by atoms with Crippen molar-refractivity contribution in [3.8, 4) is 11.3 Å². The molecule has 0 spiro atoms. The molecule has 156 valence electrons. The van der Waals surface area contributed by atoms with E-state index in [4.69, 9.17) is 4.42 Å². The Morgan fingerprint density at radius 2 is 1.71 bits per heavy atom. The zero-order chi connectivity index (χ0) is 21.0. The van der Waals surface area contributed by atoms with Crippen LogP contribution in [-0.2, 0) is 6.54 Å². The number of fused-ring (bicyclic) bond motifs is 1. The van der Waals surface area contributed by atoms with Gasteiger partial charge in [0.15, 0.2) is 0 Å². The number of hydrogen-bond donors (Lipinski definition) is 0. The summed E-state index contributed by atoms with van der Waals surface area (Å²) in [5.41, 5.74) is 2.91. The van der Waals surface area contributed by atoms with Gasteiger partial charge in [0.25, 0.3) is 5.91 Å². The molecule has 1 aliphatic rings. The Labute approximate surface area is 181 Å². The smallest absolute Gasteiger partial charge is 0.256 e. The van der Waals surface area contributed by atoms with Crippen molar-refractivity contribution in [2.45, 2.75) is 13.0 Å². The lowest BCUT2D eigenvalue weighted by atomic mass is 10.0. The van der Waals surface area contributed by atoms with Crippen LogP contribution in [0.5, 0.6) is 0 Å². The van der Waals surface area contributed by atoms with Crippen molar-refractivity contribution < 1.29 is 9.21 Å². The summed E-state index contributed by atoms with van der Waals surface area (Å²) in [6, 6.07) is 21.5. The first-order valence-electron chi connectivity index (χ1n) is 10.6. The monoisotopic (exact) mass is 412 g/mol. The molecule has 31 heavy (non-hydrogen) atoms. The van der Waals surface area contributed by atoms with Crippen molar-refractivity contribution in [2.75, 3.05) is 26.2 Å². The number of carbonyl (C=O) groups is 1. The fourth-order valence-corrected chi connectivity index (χ4v) is 4.18. The van der Waals surface area contributed by atoms with Gasteiger partial charge in [-0.15, -0.1) is 10.2 Å². The Balaban J connectivity index is 1.46. The Hall–Kier alpha value is -3.51. The third-order valence-electron chi connectivity index (χ3n) is 5.76. The van der Waals surface area contributed by atoms with E-state index in [0.717, 1.165) is 54.8 Å². The second-order valence-electron chi connectivity index (χ2n) is 7.81. The normalized spacial score (nSPS) is 15.2. The summed E-state index contributed by atoms with van der Waals surface area (Å²) < 4.78 is 5.50. The van der Waals surface area contributed by atoms with Crippen molar-refractivity contribution in [2.24, 2.45) is 0 Å². The summed E-state index contributed by atoms with van der Waals surface area (Å²) in [7, 11) is 0. The van der Waals surface area contributed by atoms with Gasteiger partial charge in [-0.25, -0.2) is 0 Å². The number of nitrogens with zero attached hydrogens (tertiary/aromatic N) is 4. The molecule has 2 aromatic carbocycles. The molecule has 0 unspecified atom stereocenters. The van der Waals surface area contributed by atoms with E-state index in [1.807, 2.05) is 71.6 Å². The second kappa shape index (κ2) is 8.70. The van der Waals surface area contributed by atoms with E-state index in [1.54, 1.807) is 6.26 Å². The Bertz CT molecular complexity index is 1170. The van der Waals surface area contributed by atoms with Gasteiger partial charge in [-0.3, -0.25) is 9.69 Å². The third-order valence-corrected chi connectivity index (χ3v) is 5.76. The van der Waals surface area contributed by atoms with Crippen LogP contribution in [0.2, 0.25) is 0 Å². The van der Waals surface area contributed by atoms with Gasteiger partial charge in [0.1, 0.15) is 11.5 Å². The molecule has 4 aromatic rings. The minimum absolute atomic E-state index is 0.0183. The van der Waals surface area contributed by atoms with Crippen molar-refractivity contribution in [1.29, 1.82) is 0 Å². The predicted molar refractivity (Wildman–Crippen MR) is 119 cm³/mol. The molecular weight excluding hydrogens is 388 g/mol. The van der Waals surface area contributed by atoms with Crippen LogP contribution in [0.15, 0.2) is 77.4 Å². The molecule has 0 bridgehead atoms. The Morgan fingerprint density at radius 1 is 0.871 bits per heavy atom. The standard InChI is InChI=1S/C25H24N4O2/c30-25(29-14-7-13-28(15-16-29)18-20-10-6-17-31-20)23-21-11-4-5-12-22(21)26-27-24(23)19-8-2-1-3-9-19/h1-6,8-12,17H,7,13-16,18H2. The van der Waals surface area contributed by atoms with Gasteiger partial charge >= 0.3 is 0 Å². The summed E-state index contributed by atoms with van der Waals surface area (Å²) >= 11 is 0. The number of carbonyl (C=O) groups excluding carboxylic acids is 1. The van der Waals surface area contributed by atoms with E-state index in [-0.39, 0.29) is 5.91 Å². The van der Waals surface area contributed by atoms with E-state index in [1.165, 1.54) is 0 Å². The highest BCUT2D eigenvalue weighted by molar-refractivity contribution is 6.10. The van der Waals surface area contributed by atoms with Gasteiger partial charge in [0.05, 0.1) is 23.9 Å². The van der Waals surface area contributed by atoms with Crippen molar-refractivity contribution in [3.05, 3.63) is 84.3 Å². The SMILES string of the molecule is O=C(c1c(-c2ccccc2)nnc2ccccc12)N1CCCN(Cc2ccco2)CC1. The molecular formula is C25H24N4O2. The number of rotatable bonds is 4. The Kier molecular flexibility index (Phi) is 5.46. The minimum Gasteiger partial charge on any atom is -0.468 e. The molecule has 2 aromatic heterocycles. The molecule has 5 rings (SSSR count). The van der Waals surface area contributed by atoms with Crippen LogP contribution in [0.25, 0.3) is 22.2 Å². The second-order valence-corrected chi connectivity index (χ2v) is 7.81. The summed E-state index contributed by atoms with van der Waals surface area (Å²) in [4.78, 5) is 18.1. The first-order valence-corrected chi connectivity index (χ1v) is 10.6. The number of amides is 1. The van der Waals surface area contributed by atoms with Gasteiger partial charge in [0.2, 0.25) is 0 Å². The highest BCUT2D eigenvalue weighted by Crippen LogP contribution is 2.28. The zero-order valence-electron chi connectivity index (χ0n) is 17.3. The third kappa shape index (κ3) is 4.07. The van der Waals surface area contributed by atoms with Crippen LogP contribution in [0, 0.1) is 0 Å². The number of furan rings is 1. The lowest BCUT2D eigenvalue weighted by Crippen LogP contribution is -2.35. The van der Waals surface area contributed by atoms with Crippen LogP contribution in [0.1, 0.15) is 22.5 Å². The van der Waals surface area contributed by atoms with E-state index < -0.39 is 0 Å². The summed E-state index contributed by atoms with van der Waals surface area (Å²) in [6.45, 7) is 3.90. The van der Waals surface area contributed by atoms with Gasteiger partial charge in [-0.2, -0.15) is 0 Å². The van der Waals surface area contributed by atoms with E-state index in [9.17, 15) is 4.79 Å². The minimum atomic E-state index is 0.0183. The molecule has 0 radical (unpaired) electrons. The lowest BCUT2D eigenvalue weighted by molar-refractivity contribution is 0.0763. The topological polar surface area (TPSA) is 62.5 Å². The van der Waals surface area contributed by atoms with E-state index in [2.05, 4.69) is 15.1 Å². The van der Waals surface area contributed by atoms with Crippen LogP contribution in [-0.4, -0.2) is 52.1 Å². The molecule has 0 N–H and O–H groups in total. The zero-order valence-corrected chi connectivity index (χ0v) is 17.3. The fourth-order valence-electron chi connectivity index (χ4n) is 4.18. The van der Waals surface area contributed by atoms with Crippen LogP contribution < -0.4 is 0 Å². The van der Waals surface area contributed by atoms with Gasteiger partial charge in [-0.05, 0) is 24.6 Å². The first-order chi connectivity index (χ1) is 15.3. The van der Waals surface area contributed by atoms with Crippen molar-refractivity contribution in [3.63, 3.8) is 0 Å². The number of hydrogen-bond acceptors (Lipinski definition) is 5. The van der Waals surface area contributed by atoms with Crippen LogP contribution in [0.3, 0.4) is 0 Å². The molecule has 1 aliphatic heterocycles. The fraction of sp³-hybridized carbons (Fsp3) is 0.240. The van der Waals surface area contributed by atoms with Gasteiger partial charge in [0, 0.05) is 37.1 Å². The first kappa shape index (κ1) is 19.5. The highest BCUT2D eigenvalue weighted by Gasteiger charge is 2.26. The highest BCUT2D eigenvalue weighted by atomic mass is 16.3. The molecule has 1 fully saturated rings. The molecule has 0 saturated carbocycles. The Morgan fingerprint density at radius 3 is 2.55 bits per heavy atom. The molecule has 0 atom stereocenters. The molecule has 3 heterocycles. The summed E-state index contributed by atoms with van der Waals surface area (Å²) in [6.07, 6.45) is 2.62. The maximum atomic E-state index is 13.8. The van der Waals surface area contributed by atoms with Gasteiger partial charge < -0.3 is 9.32 Å². The largest absolute Gasteiger partial charge is 0.468 e. The molecule has 1 saturated heterocycles.